The summed E-state index contributed by atoms with van der Waals surface area (Å²) in [6.45, 7) is 4.70. The van der Waals surface area contributed by atoms with E-state index >= 15 is 0 Å². The second-order valence-corrected chi connectivity index (χ2v) is 3.22. The fourth-order valence-corrected chi connectivity index (χ4v) is 1.30. The lowest BCUT2D eigenvalue weighted by Crippen LogP contribution is -2.06. The molecular formula is C12H18O3. The van der Waals surface area contributed by atoms with E-state index in [-0.39, 0.29) is 6.79 Å². The van der Waals surface area contributed by atoms with Crippen molar-refractivity contribution in [2.75, 3.05) is 13.4 Å². The van der Waals surface area contributed by atoms with E-state index in [9.17, 15) is 5.11 Å². The van der Waals surface area contributed by atoms with E-state index in [1.165, 1.54) is 0 Å². The molecular weight excluding hydrogens is 192 g/mol. The fraction of sp³-hybridized carbons (Fsp3) is 0.500. The normalized spacial score (nSPS) is 12.5. The van der Waals surface area contributed by atoms with Gasteiger partial charge >= 0.3 is 0 Å². The summed E-state index contributed by atoms with van der Waals surface area (Å²) in [5.74, 6) is 0.695. The monoisotopic (exact) mass is 210 g/mol. The molecule has 15 heavy (non-hydrogen) atoms. The summed E-state index contributed by atoms with van der Waals surface area (Å²) in [6, 6.07) is 7.48. The minimum atomic E-state index is -0.470. The molecule has 0 aliphatic heterocycles. The Morgan fingerprint density at radius 1 is 1.27 bits per heavy atom. The predicted molar refractivity (Wildman–Crippen MR) is 58.8 cm³/mol. The van der Waals surface area contributed by atoms with Crippen molar-refractivity contribution in [2.45, 2.75) is 26.4 Å². The lowest BCUT2D eigenvalue weighted by Gasteiger charge is -2.14. The van der Waals surface area contributed by atoms with Gasteiger partial charge < -0.3 is 14.6 Å². The van der Waals surface area contributed by atoms with Crippen LogP contribution in [0.25, 0.3) is 0 Å². The molecule has 1 N–H and O–H groups in total. The third-order valence-electron chi connectivity index (χ3n) is 2.17. The second-order valence-electron chi connectivity index (χ2n) is 3.22. The van der Waals surface area contributed by atoms with Crippen LogP contribution in [-0.4, -0.2) is 18.5 Å². The van der Waals surface area contributed by atoms with E-state index in [1.54, 1.807) is 0 Å². The number of aliphatic hydroxyl groups is 1. The van der Waals surface area contributed by atoms with E-state index in [0.29, 0.717) is 18.8 Å². The first-order valence-electron chi connectivity index (χ1n) is 5.27. The molecule has 84 valence electrons. The summed E-state index contributed by atoms with van der Waals surface area (Å²) in [5, 5.41) is 9.75. The molecule has 0 radical (unpaired) electrons. The second kappa shape index (κ2) is 6.43. The van der Waals surface area contributed by atoms with Crippen molar-refractivity contribution in [2.24, 2.45) is 0 Å². The van der Waals surface area contributed by atoms with Crippen molar-refractivity contribution in [3.05, 3.63) is 29.8 Å². The SMILES string of the molecule is CCOCOc1ccccc1[C@@H](O)CC. The zero-order chi connectivity index (χ0) is 11.1. The highest BCUT2D eigenvalue weighted by molar-refractivity contribution is 5.34. The lowest BCUT2D eigenvalue weighted by molar-refractivity contribution is 0.0201. The van der Waals surface area contributed by atoms with Gasteiger partial charge in [0.25, 0.3) is 0 Å². The first-order chi connectivity index (χ1) is 7.29. The molecule has 0 heterocycles. The van der Waals surface area contributed by atoms with Gasteiger partial charge in [0, 0.05) is 12.2 Å². The number of rotatable bonds is 6. The van der Waals surface area contributed by atoms with Crippen LogP contribution in [0.2, 0.25) is 0 Å². The predicted octanol–water partition coefficient (Wildman–Crippen LogP) is 2.50. The van der Waals surface area contributed by atoms with Gasteiger partial charge in [-0.15, -0.1) is 0 Å². The van der Waals surface area contributed by atoms with Crippen LogP contribution in [0.3, 0.4) is 0 Å². The summed E-state index contributed by atoms with van der Waals surface area (Å²) in [7, 11) is 0. The Morgan fingerprint density at radius 3 is 2.67 bits per heavy atom. The highest BCUT2D eigenvalue weighted by atomic mass is 16.7. The first-order valence-corrected chi connectivity index (χ1v) is 5.27. The molecule has 1 aromatic carbocycles. The van der Waals surface area contributed by atoms with Crippen molar-refractivity contribution in [1.29, 1.82) is 0 Å². The third-order valence-corrected chi connectivity index (χ3v) is 2.17. The first kappa shape index (κ1) is 12.0. The van der Waals surface area contributed by atoms with Gasteiger partial charge in [-0.2, -0.15) is 0 Å². The summed E-state index contributed by atoms with van der Waals surface area (Å²) in [5.41, 5.74) is 0.819. The van der Waals surface area contributed by atoms with Crippen molar-refractivity contribution in [3.63, 3.8) is 0 Å². The van der Waals surface area contributed by atoms with Gasteiger partial charge in [0.1, 0.15) is 5.75 Å². The minimum absolute atomic E-state index is 0.226. The topological polar surface area (TPSA) is 38.7 Å². The molecule has 3 heteroatoms. The average Bonchev–Trinajstić information content (AvgIpc) is 2.29. The van der Waals surface area contributed by atoms with Crippen molar-refractivity contribution in [3.8, 4) is 5.75 Å². The van der Waals surface area contributed by atoms with Crippen LogP contribution in [0.1, 0.15) is 31.9 Å². The summed E-state index contributed by atoms with van der Waals surface area (Å²) in [4.78, 5) is 0. The van der Waals surface area contributed by atoms with Crippen LogP contribution >= 0.6 is 0 Å². The zero-order valence-corrected chi connectivity index (χ0v) is 9.27. The fourth-order valence-electron chi connectivity index (χ4n) is 1.30. The molecule has 0 fully saturated rings. The van der Waals surface area contributed by atoms with Gasteiger partial charge in [0.2, 0.25) is 0 Å². The molecule has 1 rings (SSSR count). The summed E-state index contributed by atoms with van der Waals surface area (Å²) < 4.78 is 10.5. The Kier molecular flexibility index (Phi) is 5.15. The maximum atomic E-state index is 9.75. The third kappa shape index (κ3) is 3.53. The van der Waals surface area contributed by atoms with Crippen LogP contribution in [0, 0.1) is 0 Å². The smallest absolute Gasteiger partial charge is 0.189 e. The molecule has 0 unspecified atom stereocenters. The molecule has 0 aliphatic rings. The molecule has 1 aromatic rings. The van der Waals surface area contributed by atoms with Crippen LogP contribution in [0.4, 0.5) is 0 Å². The Balaban J connectivity index is 2.68. The van der Waals surface area contributed by atoms with Gasteiger partial charge in [0.15, 0.2) is 6.79 Å². The maximum Gasteiger partial charge on any atom is 0.189 e. The number of aliphatic hydroxyl groups excluding tert-OH is 1. The molecule has 0 spiro atoms. The number of para-hydroxylation sites is 1. The van der Waals surface area contributed by atoms with E-state index in [1.807, 2.05) is 38.1 Å². The van der Waals surface area contributed by atoms with E-state index in [4.69, 9.17) is 9.47 Å². The Hall–Kier alpha value is -1.06. The van der Waals surface area contributed by atoms with Crippen molar-refractivity contribution in [1.82, 2.24) is 0 Å². The number of hydrogen-bond acceptors (Lipinski definition) is 3. The van der Waals surface area contributed by atoms with Crippen molar-refractivity contribution < 1.29 is 14.6 Å². The Morgan fingerprint density at radius 2 is 2.00 bits per heavy atom. The highest BCUT2D eigenvalue weighted by Crippen LogP contribution is 2.26. The molecule has 0 aliphatic carbocycles. The maximum absolute atomic E-state index is 9.75. The van der Waals surface area contributed by atoms with Gasteiger partial charge in [-0.05, 0) is 19.4 Å². The van der Waals surface area contributed by atoms with Crippen LogP contribution in [0.5, 0.6) is 5.75 Å². The minimum Gasteiger partial charge on any atom is -0.467 e. The van der Waals surface area contributed by atoms with Gasteiger partial charge in [0.05, 0.1) is 6.10 Å². The van der Waals surface area contributed by atoms with E-state index < -0.39 is 6.10 Å². The lowest BCUT2D eigenvalue weighted by atomic mass is 10.1. The molecule has 0 saturated heterocycles. The number of benzene rings is 1. The molecule has 0 amide bonds. The molecule has 3 nitrogen and oxygen atoms in total. The zero-order valence-electron chi connectivity index (χ0n) is 9.27. The average molecular weight is 210 g/mol. The van der Waals surface area contributed by atoms with E-state index in [2.05, 4.69) is 0 Å². The molecule has 0 bridgehead atoms. The standard InChI is InChI=1S/C12H18O3/c1-3-11(13)10-7-5-6-8-12(10)15-9-14-4-2/h5-8,11,13H,3-4,9H2,1-2H3/t11-/m0/s1. The Bertz CT molecular complexity index is 286. The van der Waals surface area contributed by atoms with Crippen LogP contribution in [-0.2, 0) is 4.74 Å². The molecule has 1 atom stereocenters. The largest absolute Gasteiger partial charge is 0.467 e. The van der Waals surface area contributed by atoms with Gasteiger partial charge in [-0.25, -0.2) is 0 Å². The van der Waals surface area contributed by atoms with Crippen molar-refractivity contribution >= 4 is 0 Å². The quantitative estimate of drug-likeness (QED) is 0.579. The highest BCUT2D eigenvalue weighted by Gasteiger charge is 2.10. The molecule has 0 saturated carbocycles. The van der Waals surface area contributed by atoms with Crippen LogP contribution in [0.15, 0.2) is 24.3 Å². The number of ether oxygens (including phenoxy) is 2. The van der Waals surface area contributed by atoms with Crippen LogP contribution < -0.4 is 4.74 Å². The Labute approximate surface area is 90.6 Å². The summed E-state index contributed by atoms with van der Waals surface area (Å²) in [6.07, 6.45) is 0.206. The summed E-state index contributed by atoms with van der Waals surface area (Å²) >= 11 is 0. The van der Waals surface area contributed by atoms with E-state index in [0.717, 1.165) is 5.56 Å². The van der Waals surface area contributed by atoms with Gasteiger partial charge in [-0.1, -0.05) is 25.1 Å². The number of hydrogen-bond donors (Lipinski definition) is 1. The molecule has 0 aromatic heterocycles. The van der Waals surface area contributed by atoms with Gasteiger partial charge in [-0.3, -0.25) is 0 Å².